The van der Waals surface area contributed by atoms with Crippen LogP contribution in [0.5, 0.6) is 0 Å². The van der Waals surface area contributed by atoms with Crippen molar-refractivity contribution in [1.82, 2.24) is 0 Å². The highest BCUT2D eigenvalue weighted by molar-refractivity contribution is 7.98. The quantitative estimate of drug-likeness (QED) is 0.366. The van der Waals surface area contributed by atoms with E-state index in [-0.39, 0.29) is 12.8 Å². The number of carbonyl (C=O) groups is 4. The van der Waals surface area contributed by atoms with Crippen LogP contribution in [0.3, 0.4) is 0 Å². The van der Waals surface area contributed by atoms with Crippen LogP contribution in [-0.4, -0.2) is 81.5 Å². The molecule has 0 aliphatic rings. The monoisotopic (exact) mass is 398 g/mol. The van der Waals surface area contributed by atoms with Gasteiger partial charge in [0.25, 0.3) is 0 Å². The van der Waals surface area contributed by atoms with Gasteiger partial charge in [0.2, 0.25) is 0 Å². The van der Waals surface area contributed by atoms with Crippen molar-refractivity contribution in [3.05, 3.63) is 0 Å². The van der Waals surface area contributed by atoms with Crippen molar-refractivity contribution in [1.29, 1.82) is 0 Å². The zero-order chi connectivity index (χ0) is 19.4. The lowest BCUT2D eigenvalue weighted by molar-refractivity contribution is -0.174. The third kappa shape index (κ3) is 10.2. The van der Waals surface area contributed by atoms with Gasteiger partial charge in [-0.2, -0.15) is 23.5 Å². The minimum Gasteiger partial charge on any atom is -0.479 e. The average molecular weight is 398 g/mol. The summed E-state index contributed by atoms with van der Waals surface area (Å²) in [5.41, 5.74) is 0. The zero-order valence-corrected chi connectivity index (χ0v) is 15.5. The third-order valence-electron chi connectivity index (χ3n) is 2.88. The van der Waals surface area contributed by atoms with Gasteiger partial charge < -0.3 is 24.8 Å². The molecule has 3 atom stereocenters. The van der Waals surface area contributed by atoms with E-state index in [2.05, 4.69) is 4.74 Å². The van der Waals surface area contributed by atoms with Gasteiger partial charge in [0.1, 0.15) is 0 Å². The lowest BCUT2D eigenvalue weighted by Gasteiger charge is -2.17. The molecule has 0 amide bonds. The average Bonchev–Trinajstić information content (AvgIpc) is 2.54. The summed E-state index contributed by atoms with van der Waals surface area (Å²) in [6.45, 7) is 0. The molecule has 0 aliphatic heterocycles. The third-order valence-corrected chi connectivity index (χ3v) is 4.17. The number of ether oxygens (including phenoxy) is 2. The molecular weight excluding hydrogens is 376 g/mol. The second kappa shape index (κ2) is 12.8. The van der Waals surface area contributed by atoms with E-state index >= 15 is 0 Å². The number of aliphatic hydroxyl groups is 1. The van der Waals surface area contributed by atoms with Gasteiger partial charge in [-0.3, -0.25) is 4.79 Å². The van der Waals surface area contributed by atoms with Crippen molar-refractivity contribution in [3.63, 3.8) is 0 Å². The lowest BCUT2D eigenvalue weighted by Crippen LogP contribution is -2.35. The fourth-order valence-electron chi connectivity index (χ4n) is 1.58. The van der Waals surface area contributed by atoms with E-state index < -0.39 is 48.6 Å². The summed E-state index contributed by atoms with van der Waals surface area (Å²) in [6.07, 6.45) is -1.92. The Morgan fingerprint density at radius 3 is 1.72 bits per heavy atom. The van der Waals surface area contributed by atoms with Crippen molar-refractivity contribution in [2.24, 2.45) is 0 Å². The lowest BCUT2D eigenvalue weighted by atomic mass is 10.2. The molecule has 144 valence electrons. The van der Waals surface area contributed by atoms with E-state index in [1.165, 1.54) is 23.5 Å². The summed E-state index contributed by atoms with van der Waals surface area (Å²) in [5, 5.41) is 27.5. The second-order valence-corrected chi connectivity index (χ2v) is 6.83. The number of aliphatic hydroxyl groups excluding tert-OH is 1. The van der Waals surface area contributed by atoms with Gasteiger partial charge in [-0.15, -0.1) is 0 Å². The van der Waals surface area contributed by atoms with Gasteiger partial charge in [0.05, 0.1) is 6.42 Å². The van der Waals surface area contributed by atoms with Crippen LogP contribution in [0.2, 0.25) is 0 Å². The van der Waals surface area contributed by atoms with Gasteiger partial charge in [-0.1, -0.05) is 0 Å². The van der Waals surface area contributed by atoms with Crippen LogP contribution in [0.25, 0.3) is 0 Å². The molecular formula is C14H22O9S2. The Kier molecular flexibility index (Phi) is 12.1. The van der Waals surface area contributed by atoms with Crippen LogP contribution in [-0.2, 0) is 28.7 Å². The maximum Gasteiger partial charge on any atom is 0.345 e. The highest BCUT2D eigenvalue weighted by Gasteiger charge is 2.29. The minimum absolute atomic E-state index is 0.0508. The highest BCUT2D eigenvalue weighted by Crippen LogP contribution is 2.10. The number of esters is 2. The summed E-state index contributed by atoms with van der Waals surface area (Å²) >= 11 is 2.73. The zero-order valence-electron chi connectivity index (χ0n) is 13.9. The molecule has 0 aromatic carbocycles. The fraction of sp³-hybridized carbons (Fsp3) is 0.714. The van der Waals surface area contributed by atoms with E-state index in [1.54, 1.807) is 12.5 Å². The summed E-state index contributed by atoms with van der Waals surface area (Å²) in [6, 6.07) is 0. The molecule has 0 bridgehead atoms. The molecule has 3 N–H and O–H groups in total. The molecule has 0 saturated carbocycles. The molecule has 0 radical (unpaired) electrons. The highest BCUT2D eigenvalue weighted by atomic mass is 32.2. The largest absolute Gasteiger partial charge is 0.479 e. The maximum absolute atomic E-state index is 11.7. The standard InChI is InChI=1S/C14H22O9S2/c1-24-5-3-9(12(17)18)22-11(16)7-8(15)14(21)23-10(13(19)20)4-6-25-2/h8-10,15H,3-7H2,1-2H3,(H,17,18)(H,19,20). The van der Waals surface area contributed by atoms with E-state index in [0.717, 1.165) is 0 Å². The van der Waals surface area contributed by atoms with Crippen molar-refractivity contribution in [2.45, 2.75) is 37.6 Å². The fourth-order valence-corrected chi connectivity index (χ4v) is 2.48. The number of hydrogen-bond donors (Lipinski definition) is 3. The van der Waals surface area contributed by atoms with Crippen LogP contribution in [0.1, 0.15) is 19.3 Å². The Hall–Kier alpha value is -1.46. The molecule has 11 heteroatoms. The number of rotatable bonds is 13. The SMILES string of the molecule is CSCCC(OC(=O)CC(O)C(=O)OC(CCSC)C(=O)O)C(=O)O. The van der Waals surface area contributed by atoms with Gasteiger partial charge in [-0.05, 0) is 24.0 Å². The van der Waals surface area contributed by atoms with Crippen molar-refractivity contribution < 1.29 is 44.0 Å². The number of carboxylic acid groups (broad SMARTS) is 2. The van der Waals surface area contributed by atoms with Crippen LogP contribution in [0, 0.1) is 0 Å². The number of carboxylic acids is 2. The van der Waals surface area contributed by atoms with Crippen LogP contribution in [0.4, 0.5) is 0 Å². The smallest absolute Gasteiger partial charge is 0.345 e. The number of hydrogen-bond acceptors (Lipinski definition) is 9. The van der Waals surface area contributed by atoms with E-state index in [1.807, 2.05) is 0 Å². The first-order valence-electron chi connectivity index (χ1n) is 7.24. The van der Waals surface area contributed by atoms with Gasteiger partial charge in [0.15, 0.2) is 18.3 Å². The van der Waals surface area contributed by atoms with Crippen molar-refractivity contribution in [2.75, 3.05) is 24.0 Å². The molecule has 0 aliphatic carbocycles. The second-order valence-electron chi connectivity index (χ2n) is 4.86. The maximum atomic E-state index is 11.7. The van der Waals surface area contributed by atoms with E-state index in [0.29, 0.717) is 11.5 Å². The van der Waals surface area contributed by atoms with Crippen molar-refractivity contribution in [3.8, 4) is 0 Å². The molecule has 0 heterocycles. The molecule has 3 unspecified atom stereocenters. The minimum atomic E-state index is -1.93. The predicted molar refractivity (Wildman–Crippen MR) is 91.7 cm³/mol. The van der Waals surface area contributed by atoms with E-state index in [9.17, 15) is 24.3 Å². The first-order valence-corrected chi connectivity index (χ1v) is 10.0. The van der Waals surface area contributed by atoms with Gasteiger partial charge >= 0.3 is 23.9 Å². The molecule has 0 rings (SSSR count). The van der Waals surface area contributed by atoms with Gasteiger partial charge in [-0.25, -0.2) is 14.4 Å². The number of aliphatic carboxylic acids is 2. The van der Waals surface area contributed by atoms with Gasteiger partial charge in [0, 0.05) is 12.8 Å². The molecule has 9 nitrogen and oxygen atoms in total. The Morgan fingerprint density at radius 2 is 1.32 bits per heavy atom. The van der Waals surface area contributed by atoms with Crippen LogP contribution >= 0.6 is 23.5 Å². The van der Waals surface area contributed by atoms with Crippen molar-refractivity contribution >= 4 is 47.4 Å². The predicted octanol–water partition coefficient (Wildman–Crippen LogP) is 0.236. The Labute approximate surface area is 153 Å². The Balaban J connectivity index is 4.55. The molecule has 0 saturated heterocycles. The Morgan fingerprint density at radius 1 is 0.880 bits per heavy atom. The first-order chi connectivity index (χ1) is 11.7. The summed E-state index contributed by atoms with van der Waals surface area (Å²) in [5.74, 6) is -4.18. The topological polar surface area (TPSA) is 147 Å². The number of thioether (sulfide) groups is 2. The molecule has 0 aromatic heterocycles. The summed E-state index contributed by atoms with van der Waals surface area (Å²) in [7, 11) is 0. The molecule has 0 fully saturated rings. The van der Waals surface area contributed by atoms with Crippen LogP contribution in [0.15, 0.2) is 0 Å². The Bertz CT molecular complexity index is 469. The van der Waals surface area contributed by atoms with E-state index in [4.69, 9.17) is 14.9 Å². The first kappa shape index (κ1) is 23.5. The molecule has 25 heavy (non-hydrogen) atoms. The summed E-state index contributed by atoms with van der Waals surface area (Å²) < 4.78 is 9.38. The normalized spacial score (nSPS) is 14.2. The molecule has 0 spiro atoms. The molecule has 0 aromatic rings. The number of carbonyl (C=O) groups excluding carboxylic acids is 2. The summed E-state index contributed by atoms with van der Waals surface area (Å²) in [4.78, 5) is 45.3. The van der Waals surface area contributed by atoms with Crippen LogP contribution < -0.4 is 0 Å².